The quantitative estimate of drug-likeness (QED) is 0.643. The summed E-state index contributed by atoms with van der Waals surface area (Å²) in [6.45, 7) is 1.40. The Morgan fingerprint density at radius 3 is 2.68 bits per heavy atom. The van der Waals surface area contributed by atoms with Gasteiger partial charge >= 0.3 is 5.97 Å². The molecule has 2 bridgehead atoms. The molecule has 0 radical (unpaired) electrons. The number of likely N-dealkylation sites (tertiary alicyclic amines) is 1. The fourth-order valence-corrected chi connectivity index (χ4v) is 6.44. The Balaban J connectivity index is 1.52. The molecule has 1 saturated heterocycles. The Kier molecular flexibility index (Phi) is 5.89. The highest BCUT2D eigenvalue weighted by Crippen LogP contribution is 2.36. The van der Waals surface area contributed by atoms with Gasteiger partial charge in [0.15, 0.2) is 0 Å². The van der Waals surface area contributed by atoms with Gasteiger partial charge in [-0.05, 0) is 42.3 Å². The number of rotatable bonds is 7. The Bertz CT molecular complexity index is 1160. The number of nitrogens with zero attached hydrogens (tertiary/aromatic N) is 2. The van der Waals surface area contributed by atoms with E-state index in [1.54, 1.807) is 27.0 Å². The van der Waals surface area contributed by atoms with Crippen molar-refractivity contribution >= 4 is 38.9 Å². The molecule has 4 rings (SSSR count). The van der Waals surface area contributed by atoms with Crippen LogP contribution in [-0.4, -0.2) is 48.0 Å². The van der Waals surface area contributed by atoms with Crippen LogP contribution in [0.2, 0.25) is 0 Å². The average Bonchev–Trinajstić information content (AvgIpc) is 3.26. The number of hydrogen-bond donors (Lipinski definition) is 2. The molecule has 0 unspecified atom stereocenters. The van der Waals surface area contributed by atoms with Crippen LogP contribution >= 0.6 is 11.3 Å². The number of aromatic nitrogens is 1. The molecule has 2 aromatic rings. The molecule has 166 valence electrons. The van der Waals surface area contributed by atoms with Crippen LogP contribution in [0.25, 0.3) is 0 Å². The normalized spacial score (nSPS) is 20.2. The topological polar surface area (TPSA) is 126 Å². The van der Waals surface area contributed by atoms with E-state index in [-0.39, 0.29) is 46.0 Å². The first-order valence-corrected chi connectivity index (χ1v) is 12.4. The largest absolute Gasteiger partial charge is 0.481 e. The lowest BCUT2D eigenvalue weighted by Gasteiger charge is -2.43. The van der Waals surface area contributed by atoms with Crippen LogP contribution in [0.4, 0.5) is 5.69 Å². The van der Waals surface area contributed by atoms with Crippen molar-refractivity contribution in [3.8, 4) is 0 Å². The van der Waals surface area contributed by atoms with Gasteiger partial charge in [-0.25, -0.2) is 8.42 Å². The molecule has 4 heterocycles. The maximum atomic E-state index is 13.0. The molecule has 31 heavy (non-hydrogen) atoms. The highest BCUT2D eigenvalue weighted by molar-refractivity contribution is 7.94. The lowest BCUT2D eigenvalue weighted by Crippen LogP contribution is -2.49. The summed E-state index contributed by atoms with van der Waals surface area (Å²) in [5.41, 5.74) is 0.427. The van der Waals surface area contributed by atoms with Crippen molar-refractivity contribution in [2.75, 3.05) is 17.8 Å². The van der Waals surface area contributed by atoms with Gasteiger partial charge in [-0.15, -0.1) is 11.3 Å². The number of carboxylic acids is 1. The number of thiophene rings is 1. The first kappa shape index (κ1) is 21.6. The van der Waals surface area contributed by atoms with Crippen LogP contribution in [0, 0.1) is 5.92 Å². The molecule has 2 aliphatic heterocycles. The maximum Gasteiger partial charge on any atom is 0.303 e. The molecule has 11 heteroatoms. The molecular formula is C20H23N3O6S2. The zero-order chi connectivity index (χ0) is 22.2. The molecule has 0 aromatic carbocycles. The van der Waals surface area contributed by atoms with Gasteiger partial charge in [0, 0.05) is 44.1 Å². The number of anilines is 1. The maximum absolute atomic E-state index is 13.0. The van der Waals surface area contributed by atoms with Gasteiger partial charge < -0.3 is 14.6 Å². The van der Waals surface area contributed by atoms with Gasteiger partial charge in [-0.3, -0.25) is 19.1 Å². The van der Waals surface area contributed by atoms with Gasteiger partial charge in [0.05, 0.1) is 0 Å². The van der Waals surface area contributed by atoms with E-state index in [1.807, 2.05) is 0 Å². The number of carbonyl (C=O) groups is 2. The van der Waals surface area contributed by atoms with Gasteiger partial charge in [0.1, 0.15) is 9.90 Å². The van der Waals surface area contributed by atoms with E-state index in [1.165, 1.54) is 12.1 Å². The van der Waals surface area contributed by atoms with E-state index in [2.05, 4.69) is 4.72 Å². The molecule has 0 aliphatic carbocycles. The molecule has 1 amide bonds. The minimum atomic E-state index is -3.81. The summed E-state index contributed by atoms with van der Waals surface area (Å²) in [6.07, 6.45) is 1.33. The SMILES string of the molecule is O=C(O)CCCC(=O)N1C[C@@H]2C[C@H](C1)c1ccc(NS(=O)(=O)c3cccs3)c(=O)n1C2. The Hall–Kier alpha value is -2.66. The molecule has 2 aromatic heterocycles. The second kappa shape index (κ2) is 8.46. The van der Waals surface area contributed by atoms with Crippen molar-refractivity contribution in [1.82, 2.24) is 9.47 Å². The number of pyridine rings is 1. The Morgan fingerprint density at radius 2 is 1.97 bits per heavy atom. The number of carboxylic acid groups (broad SMARTS) is 1. The number of aliphatic carboxylic acids is 1. The standard InChI is InChI=1S/C20H23N3O6S2/c24-17(3-1-4-18(25)26)22-10-13-9-14(12-22)16-7-6-15(20(27)23(16)11-13)21-31(28,29)19-5-2-8-30-19/h2,5-8,13-14,21H,1,3-4,9-12H2,(H,25,26)/t13-,14+/m0/s1. The predicted octanol–water partition coefficient (Wildman–Crippen LogP) is 1.91. The first-order chi connectivity index (χ1) is 14.7. The smallest absolute Gasteiger partial charge is 0.303 e. The van der Waals surface area contributed by atoms with E-state index in [0.717, 1.165) is 23.5 Å². The van der Waals surface area contributed by atoms with E-state index in [4.69, 9.17) is 5.11 Å². The molecule has 2 atom stereocenters. The molecule has 2 aliphatic rings. The zero-order valence-electron chi connectivity index (χ0n) is 16.7. The number of piperidine rings is 1. The van der Waals surface area contributed by atoms with Crippen LogP contribution in [-0.2, 0) is 26.2 Å². The molecule has 0 spiro atoms. The Labute approximate surface area is 183 Å². The van der Waals surface area contributed by atoms with Crippen molar-refractivity contribution in [1.29, 1.82) is 0 Å². The highest BCUT2D eigenvalue weighted by Gasteiger charge is 2.36. The van der Waals surface area contributed by atoms with E-state index in [0.29, 0.717) is 26.1 Å². The summed E-state index contributed by atoms with van der Waals surface area (Å²) in [5.74, 6) is -0.891. The fourth-order valence-electron chi connectivity index (χ4n) is 4.39. The molecular weight excluding hydrogens is 442 g/mol. The van der Waals surface area contributed by atoms with E-state index < -0.39 is 16.0 Å². The highest BCUT2D eigenvalue weighted by atomic mass is 32.2. The minimum Gasteiger partial charge on any atom is -0.481 e. The average molecular weight is 466 g/mol. The number of fused-ring (bicyclic) bond motifs is 4. The number of sulfonamides is 1. The van der Waals surface area contributed by atoms with Crippen LogP contribution in [0.5, 0.6) is 0 Å². The molecule has 0 saturated carbocycles. The summed E-state index contributed by atoms with van der Waals surface area (Å²) in [4.78, 5) is 38.0. The Morgan fingerprint density at radius 1 is 1.16 bits per heavy atom. The van der Waals surface area contributed by atoms with Crippen molar-refractivity contribution in [2.45, 2.75) is 42.4 Å². The monoisotopic (exact) mass is 465 g/mol. The third kappa shape index (κ3) is 4.52. The van der Waals surface area contributed by atoms with Crippen molar-refractivity contribution in [3.63, 3.8) is 0 Å². The summed E-state index contributed by atoms with van der Waals surface area (Å²) < 4.78 is 29.2. The first-order valence-electron chi connectivity index (χ1n) is 10.0. The van der Waals surface area contributed by atoms with Crippen LogP contribution in [0.3, 0.4) is 0 Å². The second-order valence-electron chi connectivity index (χ2n) is 7.97. The van der Waals surface area contributed by atoms with E-state index in [9.17, 15) is 22.8 Å². The number of carbonyl (C=O) groups excluding carboxylic acids is 1. The lowest BCUT2D eigenvalue weighted by atomic mass is 9.83. The van der Waals surface area contributed by atoms with Crippen molar-refractivity contribution in [3.05, 3.63) is 45.7 Å². The molecule has 9 nitrogen and oxygen atoms in total. The lowest BCUT2D eigenvalue weighted by molar-refractivity contribution is -0.137. The third-order valence-electron chi connectivity index (χ3n) is 5.74. The van der Waals surface area contributed by atoms with Gasteiger partial charge in [0.2, 0.25) is 5.91 Å². The summed E-state index contributed by atoms with van der Waals surface area (Å²) >= 11 is 1.08. The summed E-state index contributed by atoms with van der Waals surface area (Å²) in [7, 11) is -3.81. The van der Waals surface area contributed by atoms with Crippen LogP contribution in [0.1, 0.15) is 37.3 Å². The van der Waals surface area contributed by atoms with Crippen LogP contribution < -0.4 is 10.3 Å². The number of nitrogens with one attached hydrogen (secondary N) is 1. The minimum absolute atomic E-state index is 0.00780. The van der Waals surface area contributed by atoms with Gasteiger partial charge in [0.25, 0.3) is 15.6 Å². The molecule has 2 N–H and O–H groups in total. The number of hydrogen-bond acceptors (Lipinski definition) is 6. The third-order valence-corrected chi connectivity index (χ3v) is 8.51. The van der Waals surface area contributed by atoms with Crippen molar-refractivity contribution in [2.24, 2.45) is 5.92 Å². The van der Waals surface area contributed by atoms with Crippen molar-refractivity contribution < 1.29 is 23.1 Å². The fraction of sp³-hybridized carbons (Fsp3) is 0.450. The van der Waals surface area contributed by atoms with Crippen LogP contribution in [0.15, 0.2) is 38.6 Å². The zero-order valence-corrected chi connectivity index (χ0v) is 18.3. The summed E-state index contributed by atoms with van der Waals surface area (Å²) in [6, 6.07) is 6.37. The predicted molar refractivity (Wildman–Crippen MR) is 115 cm³/mol. The number of amides is 1. The van der Waals surface area contributed by atoms with Gasteiger partial charge in [-0.1, -0.05) is 6.07 Å². The van der Waals surface area contributed by atoms with Gasteiger partial charge in [-0.2, -0.15) is 0 Å². The molecule has 1 fully saturated rings. The second-order valence-corrected chi connectivity index (χ2v) is 10.8. The van der Waals surface area contributed by atoms with E-state index >= 15 is 0 Å². The summed E-state index contributed by atoms with van der Waals surface area (Å²) in [5, 5.41) is 10.4.